The molecule has 2 atom stereocenters. The van der Waals surface area contributed by atoms with Crippen LogP contribution in [-0.4, -0.2) is 44.9 Å². The van der Waals surface area contributed by atoms with Crippen molar-refractivity contribution in [3.63, 3.8) is 0 Å². The average molecular weight is 258 g/mol. The Kier molecular flexibility index (Phi) is 4.21. The van der Waals surface area contributed by atoms with Crippen LogP contribution in [0.15, 0.2) is 0 Å². The van der Waals surface area contributed by atoms with Crippen molar-refractivity contribution in [1.82, 2.24) is 10.6 Å². The molecule has 1 aliphatic heterocycles. The zero-order chi connectivity index (χ0) is 13.2. The molecule has 6 nitrogen and oxygen atoms in total. The Morgan fingerprint density at radius 2 is 2.17 bits per heavy atom. The van der Waals surface area contributed by atoms with Crippen molar-refractivity contribution in [3.8, 4) is 0 Å². The van der Waals surface area contributed by atoms with Gasteiger partial charge in [-0.1, -0.05) is 6.92 Å². The molecular weight excluding hydrogens is 236 g/mol. The fourth-order valence-corrected chi connectivity index (χ4v) is 1.74. The first-order valence-corrected chi connectivity index (χ1v) is 6.34. The Bertz CT molecular complexity index is 302. The molecule has 1 heterocycles. The summed E-state index contributed by atoms with van der Waals surface area (Å²) in [7, 11) is 1.58. The van der Waals surface area contributed by atoms with E-state index in [0.29, 0.717) is 12.0 Å². The third-order valence-corrected chi connectivity index (χ3v) is 3.67. The van der Waals surface area contributed by atoms with Crippen LogP contribution in [0.1, 0.15) is 26.7 Å². The molecule has 2 aliphatic rings. The molecule has 0 aromatic carbocycles. The van der Waals surface area contributed by atoms with Crippen molar-refractivity contribution >= 4 is 5.91 Å². The van der Waals surface area contributed by atoms with Gasteiger partial charge in [0.05, 0.1) is 6.10 Å². The van der Waals surface area contributed by atoms with Crippen LogP contribution >= 0.6 is 0 Å². The van der Waals surface area contributed by atoms with E-state index >= 15 is 0 Å². The predicted octanol–water partition coefficient (Wildman–Crippen LogP) is 0.184. The fourth-order valence-electron chi connectivity index (χ4n) is 1.74. The van der Waals surface area contributed by atoms with E-state index in [4.69, 9.17) is 14.2 Å². The molecule has 0 aromatic heterocycles. The van der Waals surface area contributed by atoms with E-state index < -0.39 is 12.5 Å². The second-order valence-electron chi connectivity index (χ2n) is 5.40. The number of ether oxygens (including phenoxy) is 3. The quantitative estimate of drug-likeness (QED) is 0.682. The zero-order valence-electron chi connectivity index (χ0n) is 11.2. The first kappa shape index (κ1) is 13.7. The molecule has 2 N–H and O–H groups in total. The molecule has 0 radical (unpaired) electrons. The zero-order valence-corrected chi connectivity index (χ0v) is 11.2. The van der Waals surface area contributed by atoms with Crippen LogP contribution < -0.4 is 10.6 Å². The summed E-state index contributed by atoms with van der Waals surface area (Å²) in [5.74, 6) is -0.0726. The summed E-state index contributed by atoms with van der Waals surface area (Å²) in [6.45, 7) is 5.00. The predicted molar refractivity (Wildman–Crippen MR) is 64.6 cm³/mol. The minimum absolute atomic E-state index is 0.0726. The lowest BCUT2D eigenvalue weighted by Gasteiger charge is -2.33. The second kappa shape index (κ2) is 5.52. The molecule has 0 aromatic rings. The molecule has 1 saturated carbocycles. The maximum atomic E-state index is 12.1. The van der Waals surface area contributed by atoms with Gasteiger partial charge in [0.25, 0.3) is 0 Å². The molecule has 1 amide bonds. The van der Waals surface area contributed by atoms with Crippen LogP contribution in [0.3, 0.4) is 0 Å². The Labute approximate surface area is 107 Å². The van der Waals surface area contributed by atoms with Gasteiger partial charge in [-0.05, 0) is 25.2 Å². The lowest BCUT2D eigenvalue weighted by Crippen LogP contribution is -2.58. The summed E-state index contributed by atoms with van der Waals surface area (Å²) >= 11 is 0. The van der Waals surface area contributed by atoms with Gasteiger partial charge in [-0.2, -0.15) is 0 Å². The lowest BCUT2D eigenvalue weighted by molar-refractivity contribution is -0.336. The van der Waals surface area contributed by atoms with Crippen LogP contribution in [0.25, 0.3) is 0 Å². The summed E-state index contributed by atoms with van der Waals surface area (Å²) in [5, 5.41) is 5.94. The topological polar surface area (TPSA) is 68.8 Å². The number of methoxy groups -OCH3 is 1. The van der Waals surface area contributed by atoms with Gasteiger partial charge >= 0.3 is 0 Å². The number of carbonyl (C=O) groups excluding carboxylic acids is 1. The third kappa shape index (κ3) is 3.41. The van der Waals surface area contributed by atoms with E-state index in [1.165, 1.54) is 12.8 Å². The molecule has 2 rings (SSSR count). The maximum absolute atomic E-state index is 12.1. The largest absolute Gasteiger partial charge is 0.380 e. The van der Waals surface area contributed by atoms with Crippen LogP contribution in [0, 0.1) is 5.41 Å². The highest BCUT2D eigenvalue weighted by atomic mass is 16.9. The molecule has 6 heteroatoms. The number of nitrogens with one attached hydrogen (secondary N) is 2. The van der Waals surface area contributed by atoms with E-state index in [1.54, 1.807) is 7.11 Å². The minimum atomic E-state index is -0.505. The van der Waals surface area contributed by atoms with Crippen molar-refractivity contribution in [3.05, 3.63) is 0 Å². The van der Waals surface area contributed by atoms with Crippen molar-refractivity contribution < 1.29 is 19.0 Å². The number of rotatable bonds is 7. The van der Waals surface area contributed by atoms with Crippen molar-refractivity contribution in [2.75, 3.05) is 20.4 Å². The standard InChI is InChI=1S/C12H22N2O4/c1-8(16-3)9(14-11-17-7-18-11)10(15)13-6-12(2)4-5-12/h8-9,11,14H,4-7H2,1-3H3,(H,13,15)/t8-,9+/m1/s1. The Balaban J connectivity index is 1.82. The highest BCUT2D eigenvalue weighted by Gasteiger charge is 2.38. The monoisotopic (exact) mass is 258 g/mol. The minimum Gasteiger partial charge on any atom is -0.380 e. The molecule has 0 unspecified atom stereocenters. The molecular formula is C12H22N2O4. The Hall–Kier alpha value is -0.690. The summed E-state index contributed by atoms with van der Waals surface area (Å²) in [4.78, 5) is 12.1. The van der Waals surface area contributed by atoms with E-state index in [9.17, 15) is 4.79 Å². The normalized spacial score (nSPS) is 25.1. The maximum Gasteiger partial charge on any atom is 0.239 e. The van der Waals surface area contributed by atoms with Gasteiger partial charge in [-0.3, -0.25) is 10.1 Å². The van der Waals surface area contributed by atoms with Crippen molar-refractivity contribution in [1.29, 1.82) is 0 Å². The lowest BCUT2D eigenvalue weighted by atomic mass is 10.1. The SMILES string of the molecule is CO[C@H](C)[C@H](NC1OCO1)C(=O)NCC1(C)CC1. The average Bonchev–Trinajstić information content (AvgIpc) is 3.03. The highest BCUT2D eigenvalue weighted by molar-refractivity contribution is 5.82. The summed E-state index contributed by atoms with van der Waals surface area (Å²) in [6.07, 6.45) is 1.61. The van der Waals surface area contributed by atoms with Gasteiger partial charge in [0.15, 0.2) is 6.79 Å². The number of carbonyl (C=O) groups is 1. The van der Waals surface area contributed by atoms with Crippen LogP contribution in [-0.2, 0) is 19.0 Å². The summed E-state index contributed by atoms with van der Waals surface area (Å²) in [6, 6.07) is -0.470. The smallest absolute Gasteiger partial charge is 0.239 e. The first-order chi connectivity index (χ1) is 8.54. The first-order valence-electron chi connectivity index (χ1n) is 6.34. The van der Waals surface area contributed by atoms with Gasteiger partial charge < -0.3 is 19.5 Å². The van der Waals surface area contributed by atoms with E-state index in [1.807, 2.05) is 6.92 Å². The third-order valence-electron chi connectivity index (χ3n) is 3.67. The van der Waals surface area contributed by atoms with Gasteiger partial charge in [0, 0.05) is 13.7 Å². The molecule has 18 heavy (non-hydrogen) atoms. The molecule has 1 aliphatic carbocycles. The summed E-state index contributed by atoms with van der Waals surface area (Å²) < 4.78 is 15.4. The molecule has 0 bridgehead atoms. The molecule has 2 fully saturated rings. The van der Waals surface area contributed by atoms with Crippen LogP contribution in [0.4, 0.5) is 0 Å². The van der Waals surface area contributed by atoms with E-state index in [-0.39, 0.29) is 18.8 Å². The number of hydrogen-bond donors (Lipinski definition) is 2. The summed E-state index contributed by atoms with van der Waals surface area (Å²) in [5.41, 5.74) is 0.292. The highest BCUT2D eigenvalue weighted by Crippen LogP contribution is 2.44. The number of amides is 1. The Morgan fingerprint density at radius 3 is 2.61 bits per heavy atom. The van der Waals surface area contributed by atoms with Gasteiger partial charge in [0.1, 0.15) is 6.04 Å². The van der Waals surface area contributed by atoms with Crippen molar-refractivity contribution in [2.45, 2.75) is 45.2 Å². The van der Waals surface area contributed by atoms with E-state index in [2.05, 4.69) is 17.6 Å². The van der Waals surface area contributed by atoms with Crippen molar-refractivity contribution in [2.24, 2.45) is 5.41 Å². The molecule has 1 saturated heterocycles. The van der Waals surface area contributed by atoms with Gasteiger partial charge in [-0.15, -0.1) is 0 Å². The molecule has 0 spiro atoms. The molecule has 104 valence electrons. The van der Waals surface area contributed by atoms with E-state index in [0.717, 1.165) is 0 Å². The van der Waals surface area contributed by atoms with Gasteiger partial charge in [0.2, 0.25) is 12.3 Å². The number of hydrogen-bond acceptors (Lipinski definition) is 5. The van der Waals surface area contributed by atoms with Gasteiger partial charge in [-0.25, -0.2) is 0 Å². The fraction of sp³-hybridized carbons (Fsp3) is 0.917. The van der Waals surface area contributed by atoms with Crippen LogP contribution in [0.5, 0.6) is 0 Å². The second-order valence-corrected chi connectivity index (χ2v) is 5.40. The van der Waals surface area contributed by atoms with Crippen LogP contribution in [0.2, 0.25) is 0 Å². The Morgan fingerprint density at radius 1 is 1.50 bits per heavy atom.